The monoisotopic (exact) mass is 229 g/mol. The molecule has 1 aromatic rings. The quantitative estimate of drug-likeness (QED) is 0.800. The zero-order valence-electron chi connectivity index (χ0n) is 8.27. The fraction of sp³-hybridized carbons (Fsp3) is 0.667. The van der Waals surface area contributed by atoms with Crippen molar-refractivity contribution in [2.24, 2.45) is 0 Å². The molecule has 5 heteroatoms. The van der Waals surface area contributed by atoms with Crippen LogP contribution in [0.2, 0.25) is 0 Å². The lowest BCUT2D eigenvalue weighted by Crippen LogP contribution is -2.33. The van der Waals surface area contributed by atoms with Crippen LogP contribution in [0.5, 0.6) is 0 Å². The van der Waals surface area contributed by atoms with Crippen molar-refractivity contribution in [3.05, 3.63) is 6.20 Å². The van der Waals surface area contributed by atoms with E-state index in [0.717, 1.165) is 16.7 Å². The second-order valence-corrected chi connectivity index (χ2v) is 5.75. The topological polar surface area (TPSA) is 42.2 Å². The normalized spacial score (nSPS) is 23.5. The molecule has 0 aliphatic carbocycles. The molecule has 0 spiro atoms. The van der Waals surface area contributed by atoms with Gasteiger partial charge in [-0.05, 0) is 19.1 Å². The molecular weight excluding hydrogens is 214 g/mol. The van der Waals surface area contributed by atoms with Crippen LogP contribution in [0.4, 0.5) is 10.1 Å². The third kappa shape index (κ3) is 2.15. The molecule has 1 aliphatic rings. The van der Waals surface area contributed by atoms with Crippen molar-refractivity contribution in [1.29, 1.82) is 0 Å². The minimum absolute atomic E-state index is 0.593. The van der Waals surface area contributed by atoms with E-state index in [-0.39, 0.29) is 0 Å². The van der Waals surface area contributed by atoms with Crippen LogP contribution in [0.15, 0.2) is 6.20 Å². The third-order valence-electron chi connectivity index (χ3n) is 2.45. The fourth-order valence-corrected chi connectivity index (χ4v) is 3.44. The molecule has 2 heterocycles. The highest BCUT2D eigenvalue weighted by molar-refractivity contribution is 7.99. The Morgan fingerprint density at radius 3 is 3.14 bits per heavy atom. The Labute approximate surface area is 92.7 Å². The van der Waals surface area contributed by atoms with Crippen LogP contribution in [0.1, 0.15) is 13.3 Å². The fourth-order valence-electron chi connectivity index (χ4n) is 1.59. The number of nitrogens with zero attached hydrogens (tertiary/aromatic N) is 2. The summed E-state index contributed by atoms with van der Waals surface area (Å²) in [6.07, 6.45) is 2.99. The maximum atomic E-state index is 5.69. The van der Waals surface area contributed by atoms with E-state index < -0.39 is 0 Å². The van der Waals surface area contributed by atoms with Crippen LogP contribution >= 0.6 is 23.1 Å². The number of thioether (sulfide) groups is 1. The van der Waals surface area contributed by atoms with E-state index in [1.807, 2.05) is 11.8 Å². The highest BCUT2D eigenvalue weighted by Crippen LogP contribution is 2.28. The van der Waals surface area contributed by atoms with Gasteiger partial charge >= 0.3 is 0 Å². The van der Waals surface area contributed by atoms with Crippen molar-refractivity contribution >= 4 is 33.2 Å². The van der Waals surface area contributed by atoms with Gasteiger partial charge < -0.3 is 10.6 Å². The summed E-state index contributed by atoms with van der Waals surface area (Å²) in [6.45, 7) is 3.36. The molecular formula is C9H15N3S2. The van der Waals surface area contributed by atoms with Crippen LogP contribution in [0.25, 0.3) is 0 Å². The molecule has 1 saturated heterocycles. The van der Waals surface area contributed by atoms with E-state index in [9.17, 15) is 0 Å². The molecule has 1 aromatic heterocycles. The van der Waals surface area contributed by atoms with Crippen LogP contribution in [-0.2, 0) is 0 Å². The number of hydrogen-bond acceptors (Lipinski definition) is 5. The van der Waals surface area contributed by atoms with Gasteiger partial charge in [-0.25, -0.2) is 4.98 Å². The van der Waals surface area contributed by atoms with E-state index in [1.54, 1.807) is 17.5 Å². The standard InChI is InChI=1S/C9H15N3S2/c1-7-2-4-13-5-3-12(7)9-11-6-8(10)14-9/h6-7H,2-5,10H2,1H3. The van der Waals surface area contributed by atoms with E-state index in [1.165, 1.54) is 17.9 Å². The number of hydrogen-bond donors (Lipinski definition) is 1. The van der Waals surface area contributed by atoms with Crippen molar-refractivity contribution in [3.63, 3.8) is 0 Å². The van der Waals surface area contributed by atoms with E-state index in [4.69, 9.17) is 5.73 Å². The number of nitrogens with two attached hydrogens (primary N) is 1. The lowest BCUT2D eigenvalue weighted by Gasteiger charge is -2.25. The minimum atomic E-state index is 0.593. The zero-order valence-corrected chi connectivity index (χ0v) is 9.90. The first-order valence-electron chi connectivity index (χ1n) is 4.83. The number of aromatic nitrogens is 1. The Hall–Kier alpha value is -0.420. The maximum absolute atomic E-state index is 5.69. The zero-order chi connectivity index (χ0) is 9.97. The molecule has 1 aliphatic heterocycles. The molecule has 1 atom stereocenters. The molecule has 0 bridgehead atoms. The van der Waals surface area contributed by atoms with Gasteiger partial charge in [-0.2, -0.15) is 11.8 Å². The Morgan fingerprint density at radius 2 is 2.43 bits per heavy atom. The molecule has 3 nitrogen and oxygen atoms in total. The molecule has 14 heavy (non-hydrogen) atoms. The summed E-state index contributed by atoms with van der Waals surface area (Å²) < 4.78 is 0. The van der Waals surface area contributed by atoms with Gasteiger partial charge in [0, 0.05) is 18.3 Å². The van der Waals surface area contributed by atoms with Gasteiger partial charge in [-0.1, -0.05) is 11.3 Å². The predicted octanol–water partition coefficient (Wildman–Crippen LogP) is 2.06. The summed E-state index contributed by atoms with van der Waals surface area (Å²) in [5.74, 6) is 2.46. The van der Waals surface area contributed by atoms with Crippen molar-refractivity contribution in [2.75, 3.05) is 28.7 Å². The van der Waals surface area contributed by atoms with E-state index in [0.29, 0.717) is 6.04 Å². The molecule has 2 N–H and O–H groups in total. The van der Waals surface area contributed by atoms with E-state index in [2.05, 4.69) is 16.8 Å². The van der Waals surface area contributed by atoms with Gasteiger partial charge in [0.2, 0.25) is 0 Å². The number of nitrogen functional groups attached to an aromatic ring is 1. The Balaban J connectivity index is 2.14. The molecule has 2 rings (SSSR count). The highest BCUT2D eigenvalue weighted by Gasteiger charge is 2.19. The molecule has 1 fully saturated rings. The average molecular weight is 229 g/mol. The van der Waals surface area contributed by atoms with Gasteiger partial charge in [0.25, 0.3) is 0 Å². The number of anilines is 2. The molecule has 0 aromatic carbocycles. The first-order chi connectivity index (χ1) is 6.77. The van der Waals surface area contributed by atoms with Crippen molar-refractivity contribution in [3.8, 4) is 0 Å². The van der Waals surface area contributed by atoms with Crippen LogP contribution in [-0.4, -0.2) is 29.1 Å². The Bertz CT molecular complexity index is 300. The van der Waals surface area contributed by atoms with Gasteiger partial charge in [0.1, 0.15) is 5.00 Å². The number of thiazole rings is 1. The minimum Gasteiger partial charge on any atom is -0.389 e. The Kier molecular flexibility index (Phi) is 3.18. The van der Waals surface area contributed by atoms with Crippen molar-refractivity contribution in [1.82, 2.24) is 4.98 Å². The lowest BCUT2D eigenvalue weighted by molar-refractivity contribution is 0.644. The Morgan fingerprint density at radius 1 is 1.57 bits per heavy atom. The van der Waals surface area contributed by atoms with Crippen LogP contribution < -0.4 is 10.6 Å². The summed E-state index contributed by atoms with van der Waals surface area (Å²) in [7, 11) is 0. The average Bonchev–Trinajstić information content (AvgIpc) is 2.46. The smallest absolute Gasteiger partial charge is 0.187 e. The summed E-state index contributed by atoms with van der Waals surface area (Å²) >= 11 is 3.62. The highest BCUT2D eigenvalue weighted by atomic mass is 32.2. The largest absolute Gasteiger partial charge is 0.389 e. The van der Waals surface area contributed by atoms with E-state index >= 15 is 0 Å². The third-order valence-corrected chi connectivity index (χ3v) is 4.30. The summed E-state index contributed by atoms with van der Waals surface area (Å²) in [5.41, 5.74) is 5.69. The van der Waals surface area contributed by atoms with Gasteiger partial charge in [-0.15, -0.1) is 0 Å². The first kappa shape index (κ1) is 10.1. The summed E-state index contributed by atoms with van der Waals surface area (Å²) in [4.78, 5) is 6.72. The molecule has 0 amide bonds. The van der Waals surface area contributed by atoms with Gasteiger partial charge in [0.05, 0.1) is 6.20 Å². The van der Waals surface area contributed by atoms with Gasteiger partial charge in [-0.3, -0.25) is 0 Å². The second-order valence-electron chi connectivity index (χ2n) is 3.49. The molecule has 78 valence electrons. The lowest BCUT2D eigenvalue weighted by atomic mass is 10.2. The van der Waals surface area contributed by atoms with Crippen LogP contribution in [0, 0.1) is 0 Å². The summed E-state index contributed by atoms with van der Waals surface area (Å²) in [6, 6.07) is 0.593. The van der Waals surface area contributed by atoms with Gasteiger partial charge in [0.15, 0.2) is 5.13 Å². The molecule has 0 saturated carbocycles. The number of rotatable bonds is 1. The SMILES string of the molecule is CC1CCSCCN1c1ncc(N)s1. The molecule has 1 unspecified atom stereocenters. The van der Waals surface area contributed by atoms with Crippen molar-refractivity contribution in [2.45, 2.75) is 19.4 Å². The summed E-state index contributed by atoms with van der Waals surface area (Å²) in [5, 5.41) is 1.89. The maximum Gasteiger partial charge on any atom is 0.187 e. The first-order valence-corrected chi connectivity index (χ1v) is 6.80. The second kappa shape index (κ2) is 4.40. The van der Waals surface area contributed by atoms with Crippen molar-refractivity contribution < 1.29 is 0 Å². The molecule has 0 radical (unpaired) electrons. The van der Waals surface area contributed by atoms with Crippen LogP contribution in [0.3, 0.4) is 0 Å². The predicted molar refractivity (Wildman–Crippen MR) is 65.3 cm³/mol.